The van der Waals surface area contributed by atoms with Crippen molar-refractivity contribution in [2.45, 2.75) is 57.7 Å². The lowest BCUT2D eigenvalue weighted by atomic mass is 10.1. The van der Waals surface area contributed by atoms with Gasteiger partial charge in [0.1, 0.15) is 11.8 Å². The van der Waals surface area contributed by atoms with Gasteiger partial charge >= 0.3 is 0 Å². The quantitative estimate of drug-likeness (QED) is 0.554. The third-order valence-corrected chi connectivity index (χ3v) is 6.27. The molecule has 0 saturated heterocycles. The number of benzene rings is 2. The van der Waals surface area contributed by atoms with Crippen molar-refractivity contribution in [2.24, 2.45) is 0 Å². The van der Waals surface area contributed by atoms with Crippen molar-refractivity contribution in [1.82, 2.24) is 10.2 Å². The fourth-order valence-corrected chi connectivity index (χ4v) is 4.19. The first-order valence-corrected chi connectivity index (χ1v) is 11.4. The highest BCUT2D eigenvalue weighted by Gasteiger charge is 2.31. The van der Waals surface area contributed by atoms with E-state index in [-0.39, 0.29) is 31.0 Å². The Morgan fingerprint density at radius 3 is 2.45 bits per heavy atom. The van der Waals surface area contributed by atoms with Crippen LogP contribution in [0.2, 0.25) is 10.0 Å². The number of nitrogens with zero attached hydrogens (tertiary/aromatic N) is 1. The van der Waals surface area contributed by atoms with Gasteiger partial charge in [-0.25, -0.2) is 0 Å². The summed E-state index contributed by atoms with van der Waals surface area (Å²) in [7, 11) is 0. The van der Waals surface area contributed by atoms with Crippen LogP contribution >= 0.6 is 23.2 Å². The molecule has 2 aromatic carbocycles. The number of nitrogens with one attached hydrogen (secondary N) is 1. The Balaban J connectivity index is 1.77. The molecule has 0 aromatic heterocycles. The number of hydrogen-bond donors (Lipinski definition) is 1. The maximum atomic E-state index is 13.2. The Kier molecular flexibility index (Phi) is 8.61. The second-order valence-electron chi connectivity index (χ2n) is 7.79. The molecule has 0 radical (unpaired) electrons. The first-order chi connectivity index (χ1) is 15.0. The molecule has 7 heteroatoms. The second kappa shape index (κ2) is 11.4. The third kappa shape index (κ3) is 6.62. The van der Waals surface area contributed by atoms with Crippen LogP contribution in [0.4, 0.5) is 0 Å². The number of carbonyl (C=O) groups excluding carboxylic acids is 2. The van der Waals surface area contributed by atoms with Crippen molar-refractivity contribution in [3.05, 3.63) is 64.1 Å². The number of amides is 2. The van der Waals surface area contributed by atoms with E-state index >= 15 is 0 Å². The van der Waals surface area contributed by atoms with E-state index in [2.05, 4.69) is 5.32 Å². The molecule has 3 rings (SSSR count). The molecule has 1 fully saturated rings. The van der Waals surface area contributed by atoms with Crippen molar-refractivity contribution < 1.29 is 14.3 Å². The predicted molar refractivity (Wildman–Crippen MR) is 123 cm³/mol. The summed E-state index contributed by atoms with van der Waals surface area (Å²) in [4.78, 5) is 27.8. The number of para-hydroxylation sites is 1. The van der Waals surface area contributed by atoms with Gasteiger partial charge in [-0.3, -0.25) is 9.59 Å². The normalized spacial score (nSPS) is 14.8. The van der Waals surface area contributed by atoms with E-state index in [1.54, 1.807) is 29.2 Å². The van der Waals surface area contributed by atoms with E-state index in [0.717, 1.165) is 31.2 Å². The molecule has 1 aliphatic carbocycles. The van der Waals surface area contributed by atoms with Crippen LogP contribution in [0.1, 0.15) is 44.6 Å². The minimum atomic E-state index is -0.595. The van der Waals surface area contributed by atoms with Gasteiger partial charge < -0.3 is 15.0 Å². The largest absolute Gasteiger partial charge is 0.484 e. The van der Waals surface area contributed by atoms with Gasteiger partial charge in [-0.1, -0.05) is 67.2 Å². The van der Waals surface area contributed by atoms with Gasteiger partial charge in [0.2, 0.25) is 5.91 Å². The Hall–Kier alpha value is -2.24. The first kappa shape index (κ1) is 23.4. The second-order valence-corrected chi connectivity index (χ2v) is 8.60. The van der Waals surface area contributed by atoms with Crippen molar-refractivity contribution in [3.63, 3.8) is 0 Å². The minimum Gasteiger partial charge on any atom is -0.484 e. The van der Waals surface area contributed by atoms with Crippen molar-refractivity contribution in [2.75, 3.05) is 6.61 Å². The molecule has 0 bridgehead atoms. The number of hydrogen-bond acceptors (Lipinski definition) is 3. The fourth-order valence-electron chi connectivity index (χ4n) is 3.87. The van der Waals surface area contributed by atoms with Gasteiger partial charge in [0.25, 0.3) is 5.91 Å². The van der Waals surface area contributed by atoms with E-state index < -0.39 is 6.04 Å². The number of rotatable bonds is 9. The van der Waals surface area contributed by atoms with Crippen LogP contribution in [-0.2, 0) is 16.1 Å². The highest BCUT2D eigenvalue weighted by Crippen LogP contribution is 2.24. The lowest BCUT2D eigenvalue weighted by Gasteiger charge is -2.31. The van der Waals surface area contributed by atoms with Gasteiger partial charge in [0.05, 0.1) is 10.0 Å². The molecule has 0 aliphatic heterocycles. The summed E-state index contributed by atoms with van der Waals surface area (Å²) < 4.78 is 5.67. The van der Waals surface area contributed by atoms with Crippen LogP contribution in [-0.4, -0.2) is 35.4 Å². The zero-order valence-corrected chi connectivity index (χ0v) is 19.2. The van der Waals surface area contributed by atoms with E-state index in [4.69, 9.17) is 27.9 Å². The van der Waals surface area contributed by atoms with Gasteiger partial charge in [0, 0.05) is 12.6 Å². The Morgan fingerprint density at radius 2 is 1.81 bits per heavy atom. The molecule has 1 N–H and O–H groups in total. The Morgan fingerprint density at radius 1 is 1.10 bits per heavy atom. The molecule has 0 spiro atoms. The summed E-state index contributed by atoms with van der Waals surface area (Å²) in [5.41, 5.74) is 0.801. The summed E-state index contributed by atoms with van der Waals surface area (Å²) in [6.07, 6.45) is 4.72. The van der Waals surface area contributed by atoms with E-state index in [1.165, 1.54) is 0 Å². The maximum absolute atomic E-state index is 13.2. The molecule has 166 valence electrons. The predicted octanol–water partition coefficient (Wildman–Crippen LogP) is 5.24. The molecule has 5 nitrogen and oxygen atoms in total. The van der Waals surface area contributed by atoms with Crippen LogP contribution in [0, 0.1) is 0 Å². The molecule has 2 amide bonds. The van der Waals surface area contributed by atoms with E-state index in [9.17, 15) is 9.59 Å². The maximum Gasteiger partial charge on any atom is 0.261 e. The summed E-state index contributed by atoms with van der Waals surface area (Å²) in [6, 6.07) is 14.0. The van der Waals surface area contributed by atoms with Gasteiger partial charge in [-0.15, -0.1) is 0 Å². The summed E-state index contributed by atoms with van der Waals surface area (Å²) in [5.74, 6) is 0.222. The lowest BCUT2D eigenvalue weighted by molar-refractivity contribution is -0.143. The molecule has 1 unspecified atom stereocenters. The number of halogens is 2. The fraction of sp³-hybridized carbons (Fsp3) is 0.417. The van der Waals surface area contributed by atoms with Crippen LogP contribution in [0.15, 0.2) is 48.5 Å². The van der Waals surface area contributed by atoms with Crippen LogP contribution in [0.25, 0.3) is 0 Å². The van der Waals surface area contributed by atoms with Gasteiger partial charge in [0.15, 0.2) is 6.61 Å². The third-order valence-electron chi connectivity index (χ3n) is 5.53. The Bertz CT molecular complexity index is 886. The zero-order valence-electron chi connectivity index (χ0n) is 17.7. The van der Waals surface area contributed by atoms with Crippen molar-refractivity contribution in [1.29, 1.82) is 0 Å². The first-order valence-electron chi connectivity index (χ1n) is 10.7. The monoisotopic (exact) mass is 462 g/mol. The Labute approximate surface area is 193 Å². The van der Waals surface area contributed by atoms with Crippen molar-refractivity contribution >= 4 is 35.0 Å². The number of ether oxygens (including phenoxy) is 1. The topological polar surface area (TPSA) is 58.6 Å². The molecule has 0 heterocycles. The lowest BCUT2D eigenvalue weighted by Crippen LogP contribution is -2.52. The van der Waals surface area contributed by atoms with Crippen molar-refractivity contribution in [3.8, 4) is 5.75 Å². The van der Waals surface area contributed by atoms with E-state index in [0.29, 0.717) is 22.2 Å². The molecule has 1 aliphatic rings. The van der Waals surface area contributed by atoms with Crippen LogP contribution < -0.4 is 10.1 Å². The summed E-state index contributed by atoms with van der Waals surface area (Å²) in [6.45, 7) is 2.00. The average Bonchev–Trinajstić information content (AvgIpc) is 3.28. The zero-order chi connectivity index (χ0) is 22.2. The highest BCUT2D eigenvalue weighted by molar-refractivity contribution is 6.42. The van der Waals surface area contributed by atoms with Gasteiger partial charge in [-0.2, -0.15) is 0 Å². The van der Waals surface area contributed by atoms with E-state index in [1.807, 2.05) is 31.2 Å². The van der Waals surface area contributed by atoms with Gasteiger partial charge in [-0.05, 0) is 49.1 Å². The molecular weight excluding hydrogens is 435 g/mol. The number of carbonyl (C=O) groups is 2. The molecule has 2 aromatic rings. The summed E-state index contributed by atoms with van der Waals surface area (Å²) in [5, 5.41) is 3.98. The average molecular weight is 463 g/mol. The molecular formula is C24H28Cl2N2O3. The molecule has 1 saturated carbocycles. The van der Waals surface area contributed by atoms with Crippen LogP contribution in [0.5, 0.6) is 5.75 Å². The van der Waals surface area contributed by atoms with Crippen LogP contribution in [0.3, 0.4) is 0 Å². The molecule has 31 heavy (non-hydrogen) atoms. The molecule has 1 atom stereocenters. The smallest absolute Gasteiger partial charge is 0.261 e. The highest BCUT2D eigenvalue weighted by atomic mass is 35.5. The standard InChI is InChI=1S/C24H28Cl2N2O3/c1-2-22(24(30)27-18-8-6-7-9-18)28(15-17-12-13-20(25)21(26)14-17)23(29)16-31-19-10-4-3-5-11-19/h3-5,10-14,18,22H,2,6-9,15-16H2,1H3,(H,27,30). The summed E-state index contributed by atoms with van der Waals surface area (Å²) >= 11 is 12.2. The SMILES string of the molecule is CCC(C(=O)NC1CCCC1)N(Cc1ccc(Cl)c(Cl)c1)C(=O)COc1ccccc1. The minimum absolute atomic E-state index is 0.123.